The van der Waals surface area contributed by atoms with E-state index in [-0.39, 0.29) is 43.3 Å². The number of benzene rings is 2. The minimum Gasteiger partial charge on any atom is -0.484 e. The number of sulfonamides is 1. The quantitative estimate of drug-likeness (QED) is 0.664. The third kappa shape index (κ3) is 5.56. The van der Waals surface area contributed by atoms with Crippen LogP contribution < -0.4 is 15.8 Å². The maximum Gasteiger partial charge on any atom is 0.255 e. The van der Waals surface area contributed by atoms with Gasteiger partial charge in [0.1, 0.15) is 5.75 Å². The molecule has 166 valence electrons. The van der Waals surface area contributed by atoms with E-state index in [1.807, 2.05) is 0 Å². The average molecular weight is 453 g/mol. The SMILES string of the molecule is NC(=O)COc1cccc(NC(=O)C2CCN(S(=O)(=O)c3ccc(F)c(F)c3)CC2)c1. The highest BCUT2D eigenvalue weighted by Crippen LogP contribution is 2.26. The molecule has 2 aromatic rings. The maximum atomic E-state index is 13.4. The van der Waals surface area contributed by atoms with Crippen molar-refractivity contribution in [1.82, 2.24) is 4.31 Å². The van der Waals surface area contributed by atoms with E-state index < -0.39 is 33.5 Å². The minimum atomic E-state index is -3.99. The largest absolute Gasteiger partial charge is 0.484 e. The summed E-state index contributed by atoms with van der Waals surface area (Å²) in [6, 6.07) is 8.88. The highest BCUT2D eigenvalue weighted by Gasteiger charge is 2.32. The zero-order valence-electron chi connectivity index (χ0n) is 16.4. The molecule has 0 bridgehead atoms. The molecule has 1 saturated heterocycles. The van der Waals surface area contributed by atoms with E-state index in [0.29, 0.717) is 17.5 Å². The van der Waals surface area contributed by atoms with Gasteiger partial charge < -0.3 is 15.8 Å². The van der Waals surface area contributed by atoms with Gasteiger partial charge in [0, 0.05) is 30.8 Å². The molecule has 0 aliphatic carbocycles. The van der Waals surface area contributed by atoms with E-state index in [0.717, 1.165) is 16.4 Å². The zero-order chi connectivity index (χ0) is 22.6. The lowest BCUT2D eigenvalue weighted by atomic mass is 9.97. The number of amides is 2. The van der Waals surface area contributed by atoms with Crippen molar-refractivity contribution in [3.8, 4) is 5.75 Å². The molecule has 3 rings (SSSR count). The van der Waals surface area contributed by atoms with Crippen molar-refractivity contribution in [1.29, 1.82) is 0 Å². The summed E-state index contributed by atoms with van der Waals surface area (Å²) in [5, 5.41) is 2.74. The Morgan fingerprint density at radius 1 is 1.10 bits per heavy atom. The fourth-order valence-corrected chi connectivity index (χ4v) is 4.69. The number of anilines is 1. The molecule has 8 nitrogen and oxygen atoms in total. The van der Waals surface area contributed by atoms with Crippen LogP contribution in [0.2, 0.25) is 0 Å². The van der Waals surface area contributed by atoms with Crippen LogP contribution in [-0.2, 0) is 19.6 Å². The highest BCUT2D eigenvalue weighted by molar-refractivity contribution is 7.89. The van der Waals surface area contributed by atoms with Crippen molar-refractivity contribution in [3.05, 3.63) is 54.1 Å². The molecule has 0 unspecified atom stereocenters. The van der Waals surface area contributed by atoms with Crippen molar-refractivity contribution in [2.45, 2.75) is 17.7 Å². The molecule has 1 aliphatic rings. The molecule has 0 aromatic heterocycles. The van der Waals surface area contributed by atoms with E-state index in [9.17, 15) is 26.8 Å². The van der Waals surface area contributed by atoms with E-state index in [2.05, 4.69) is 5.32 Å². The first-order valence-corrected chi connectivity index (χ1v) is 10.9. The molecule has 1 heterocycles. The van der Waals surface area contributed by atoms with Crippen LogP contribution in [0, 0.1) is 17.6 Å². The fourth-order valence-electron chi connectivity index (χ4n) is 3.21. The Morgan fingerprint density at radius 3 is 2.45 bits per heavy atom. The van der Waals surface area contributed by atoms with Crippen LogP contribution in [0.5, 0.6) is 5.75 Å². The molecule has 2 amide bonds. The number of hydrogen-bond donors (Lipinski definition) is 2. The van der Waals surface area contributed by atoms with Crippen molar-refractivity contribution >= 4 is 27.5 Å². The zero-order valence-corrected chi connectivity index (χ0v) is 17.2. The lowest BCUT2D eigenvalue weighted by Crippen LogP contribution is -2.41. The van der Waals surface area contributed by atoms with Crippen molar-refractivity contribution in [3.63, 3.8) is 0 Å². The van der Waals surface area contributed by atoms with Gasteiger partial charge in [0.05, 0.1) is 4.90 Å². The van der Waals surface area contributed by atoms with Crippen molar-refractivity contribution < 1.29 is 31.5 Å². The Morgan fingerprint density at radius 2 is 1.81 bits per heavy atom. The van der Waals surface area contributed by atoms with Gasteiger partial charge in [-0.25, -0.2) is 17.2 Å². The monoisotopic (exact) mass is 453 g/mol. The van der Waals surface area contributed by atoms with Crippen LogP contribution in [0.15, 0.2) is 47.4 Å². The van der Waals surface area contributed by atoms with Crippen molar-refractivity contribution in [2.75, 3.05) is 25.0 Å². The molecule has 11 heteroatoms. The highest BCUT2D eigenvalue weighted by atomic mass is 32.2. The number of nitrogens with one attached hydrogen (secondary N) is 1. The number of piperidine rings is 1. The van der Waals surface area contributed by atoms with Crippen LogP contribution in [0.3, 0.4) is 0 Å². The number of halogens is 2. The predicted molar refractivity (Wildman–Crippen MR) is 108 cm³/mol. The first kappa shape index (κ1) is 22.6. The smallest absolute Gasteiger partial charge is 0.255 e. The molecular weight excluding hydrogens is 432 g/mol. The summed E-state index contributed by atoms with van der Waals surface area (Å²) < 4.78 is 58.2. The number of carbonyl (C=O) groups excluding carboxylic acids is 2. The second kappa shape index (κ2) is 9.40. The van der Waals surface area contributed by atoms with Gasteiger partial charge in [0.25, 0.3) is 5.91 Å². The maximum absolute atomic E-state index is 13.4. The third-order valence-electron chi connectivity index (χ3n) is 4.84. The van der Waals surface area contributed by atoms with Gasteiger partial charge in [-0.2, -0.15) is 4.31 Å². The fraction of sp³-hybridized carbons (Fsp3) is 0.300. The molecular formula is C20H21F2N3O5S. The third-order valence-corrected chi connectivity index (χ3v) is 6.73. The van der Waals surface area contributed by atoms with Crippen LogP contribution in [-0.4, -0.2) is 44.2 Å². The number of nitrogens with two attached hydrogens (primary N) is 1. The number of primary amides is 1. The standard InChI is InChI=1S/C20H21F2N3O5S/c21-17-5-4-16(11-18(17)22)31(28,29)25-8-6-13(7-9-25)20(27)24-14-2-1-3-15(10-14)30-12-19(23)26/h1-5,10-11,13H,6-9,12H2,(H2,23,26)(H,24,27). The number of ether oxygens (including phenoxy) is 1. The predicted octanol–water partition coefficient (Wildman–Crippen LogP) is 1.87. The number of carbonyl (C=O) groups is 2. The van der Waals surface area contributed by atoms with Gasteiger partial charge >= 0.3 is 0 Å². The lowest BCUT2D eigenvalue weighted by Gasteiger charge is -2.30. The summed E-state index contributed by atoms with van der Waals surface area (Å²) in [5.41, 5.74) is 5.50. The minimum absolute atomic E-state index is 0.0706. The van der Waals surface area contributed by atoms with E-state index in [1.54, 1.807) is 24.3 Å². The van der Waals surface area contributed by atoms with Gasteiger partial charge in [-0.1, -0.05) is 6.07 Å². The molecule has 31 heavy (non-hydrogen) atoms. The molecule has 0 spiro atoms. The second-order valence-electron chi connectivity index (χ2n) is 7.03. The number of rotatable bonds is 7. The Balaban J connectivity index is 1.59. The summed E-state index contributed by atoms with van der Waals surface area (Å²) >= 11 is 0. The second-order valence-corrected chi connectivity index (χ2v) is 8.96. The topological polar surface area (TPSA) is 119 Å². The summed E-state index contributed by atoms with van der Waals surface area (Å²) in [6.07, 6.45) is 0.541. The molecule has 1 aliphatic heterocycles. The Kier molecular flexibility index (Phi) is 6.86. The number of nitrogens with zero attached hydrogens (tertiary/aromatic N) is 1. The molecule has 2 aromatic carbocycles. The van der Waals surface area contributed by atoms with E-state index in [4.69, 9.17) is 10.5 Å². The Bertz CT molecular complexity index is 1090. The van der Waals surface area contributed by atoms with Gasteiger partial charge in [0.15, 0.2) is 18.2 Å². The van der Waals surface area contributed by atoms with Crippen LogP contribution in [0.1, 0.15) is 12.8 Å². The van der Waals surface area contributed by atoms with Gasteiger partial charge in [0.2, 0.25) is 15.9 Å². The van der Waals surface area contributed by atoms with Crippen LogP contribution in [0.25, 0.3) is 0 Å². The van der Waals surface area contributed by atoms with Crippen molar-refractivity contribution in [2.24, 2.45) is 11.7 Å². The van der Waals surface area contributed by atoms with E-state index >= 15 is 0 Å². The first-order valence-electron chi connectivity index (χ1n) is 9.44. The number of hydrogen-bond acceptors (Lipinski definition) is 5. The van der Waals surface area contributed by atoms with Gasteiger partial charge in [-0.05, 0) is 43.2 Å². The molecule has 1 fully saturated rings. The van der Waals surface area contributed by atoms with E-state index in [1.165, 1.54) is 0 Å². The molecule has 3 N–H and O–H groups in total. The summed E-state index contributed by atoms with van der Waals surface area (Å²) in [6.45, 7) is -0.148. The summed E-state index contributed by atoms with van der Waals surface area (Å²) in [5.74, 6) is -3.33. The summed E-state index contributed by atoms with van der Waals surface area (Å²) in [4.78, 5) is 23.0. The Hall–Kier alpha value is -3.05. The molecule has 0 saturated carbocycles. The first-order chi connectivity index (χ1) is 14.7. The molecule has 0 radical (unpaired) electrons. The average Bonchev–Trinajstić information content (AvgIpc) is 2.74. The Labute approximate surface area is 178 Å². The van der Waals surface area contributed by atoms with Gasteiger partial charge in [-0.15, -0.1) is 0 Å². The normalized spacial score (nSPS) is 15.4. The summed E-state index contributed by atoms with van der Waals surface area (Å²) in [7, 11) is -3.99. The van der Waals surface area contributed by atoms with Crippen LogP contribution in [0.4, 0.5) is 14.5 Å². The molecule has 0 atom stereocenters. The van der Waals surface area contributed by atoms with Crippen LogP contribution >= 0.6 is 0 Å². The van der Waals surface area contributed by atoms with Gasteiger partial charge in [-0.3, -0.25) is 9.59 Å². The lowest BCUT2D eigenvalue weighted by molar-refractivity contribution is -0.121.